The van der Waals surface area contributed by atoms with Crippen LogP contribution in [0.25, 0.3) is 0 Å². The number of halogens is 2. The molecule has 2 rings (SSSR count). The third kappa shape index (κ3) is 3.30. The van der Waals surface area contributed by atoms with Crippen LogP contribution in [0, 0.1) is 17.6 Å². The van der Waals surface area contributed by atoms with Crippen LogP contribution in [-0.4, -0.2) is 14.5 Å². The maximum Gasteiger partial charge on any atom is 0.243 e. The zero-order valence-electron chi connectivity index (χ0n) is 10.7. The molecule has 1 fully saturated rings. The van der Waals surface area contributed by atoms with E-state index in [4.69, 9.17) is 0 Å². The summed E-state index contributed by atoms with van der Waals surface area (Å²) in [5, 5.41) is 0. The molecule has 1 aliphatic rings. The van der Waals surface area contributed by atoms with E-state index in [0.717, 1.165) is 37.8 Å². The van der Waals surface area contributed by atoms with Gasteiger partial charge in [0.25, 0.3) is 0 Å². The highest BCUT2D eigenvalue weighted by atomic mass is 32.2. The predicted octanol–water partition coefficient (Wildman–Crippen LogP) is 2.82. The summed E-state index contributed by atoms with van der Waals surface area (Å²) in [6.45, 7) is 1.97. The monoisotopic (exact) mass is 289 g/mol. The first-order valence-corrected chi connectivity index (χ1v) is 7.86. The average molecular weight is 289 g/mol. The van der Waals surface area contributed by atoms with Crippen LogP contribution in [0.2, 0.25) is 0 Å². The van der Waals surface area contributed by atoms with E-state index < -0.39 is 26.6 Å². The molecule has 0 spiro atoms. The van der Waals surface area contributed by atoms with Crippen LogP contribution in [0.3, 0.4) is 0 Å². The lowest BCUT2D eigenvalue weighted by Gasteiger charge is -2.29. The van der Waals surface area contributed by atoms with Crippen molar-refractivity contribution < 1.29 is 17.2 Å². The van der Waals surface area contributed by atoms with Gasteiger partial charge in [-0.05, 0) is 37.0 Å². The Morgan fingerprint density at radius 1 is 1.21 bits per heavy atom. The van der Waals surface area contributed by atoms with Crippen molar-refractivity contribution in [3.8, 4) is 0 Å². The third-order valence-electron chi connectivity index (χ3n) is 3.60. The quantitative estimate of drug-likeness (QED) is 0.930. The molecule has 0 saturated heterocycles. The van der Waals surface area contributed by atoms with Gasteiger partial charge in [0.2, 0.25) is 10.0 Å². The first-order valence-electron chi connectivity index (χ1n) is 6.37. The fraction of sp³-hybridized carbons (Fsp3) is 0.538. The number of hydrogen-bond donors (Lipinski definition) is 1. The van der Waals surface area contributed by atoms with Gasteiger partial charge in [-0.25, -0.2) is 21.9 Å². The number of sulfonamides is 1. The molecule has 0 aliphatic heterocycles. The van der Waals surface area contributed by atoms with Crippen molar-refractivity contribution in [1.82, 2.24) is 4.72 Å². The third-order valence-corrected chi connectivity index (χ3v) is 5.11. The number of hydrogen-bond acceptors (Lipinski definition) is 2. The Kier molecular flexibility index (Phi) is 4.20. The summed E-state index contributed by atoms with van der Waals surface area (Å²) in [6, 6.07) is 2.23. The molecule has 1 aromatic rings. The molecule has 0 amide bonds. The highest BCUT2D eigenvalue weighted by Gasteiger charge is 2.28. The molecule has 19 heavy (non-hydrogen) atoms. The molecule has 3 nitrogen and oxygen atoms in total. The standard InChI is InChI=1S/C13H17F2NO2S/c1-9-4-2-3-5-12(9)16-19(17,18)13-8-10(14)6-7-11(13)15/h6-9,12,16H,2-5H2,1H3/t9-,12-/m1/s1. The van der Waals surface area contributed by atoms with Crippen molar-refractivity contribution in [3.05, 3.63) is 29.8 Å². The molecule has 0 unspecified atom stereocenters. The Morgan fingerprint density at radius 3 is 2.58 bits per heavy atom. The van der Waals surface area contributed by atoms with E-state index in [-0.39, 0.29) is 12.0 Å². The van der Waals surface area contributed by atoms with Crippen LogP contribution in [-0.2, 0) is 10.0 Å². The summed E-state index contributed by atoms with van der Waals surface area (Å²) in [6.07, 6.45) is 3.70. The molecule has 1 saturated carbocycles. The van der Waals surface area contributed by atoms with Gasteiger partial charge >= 0.3 is 0 Å². The zero-order chi connectivity index (χ0) is 14.0. The molecule has 106 valence electrons. The topological polar surface area (TPSA) is 46.2 Å². The SMILES string of the molecule is C[C@@H]1CCCC[C@H]1NS(=O)(=O)c1cc(F)ccc1F. The first kappa shape index (κ1) is 14.4. The molecule has 1 aliphatic carbocycles. The molecular formula is C13H17F2NO2S. The molecule has 0 radical (unpaired) electrons. The van der Waals surface area contributed by atoms with E-state index in [1.165, 1.54) is 0 Å². The molecule has 0 bridgehead atoms. The van der Waals surface area contributed by atoms with Gasteiger partial charge in [0.15, 0.2) is 0 Å². The Hall–Kier alpha value is -1.01. The van der Waals surface area contributed by atoms with Crippen molar-refractivity contribution in [1.29, 1.82) is 0 Å². The summed E-state index contributed by atoms with van der Waals surface area (Å²) in [7, 11) is -4.01. The van der Waals surface area contributed by atoms with Crippen LogP contribution in [0.15, 0.2) is 23.1 Å². The molecule has 0 heterocycles. The van der Waals surface area contributed by atoms with Crippen LogP contribution >= 0.6 is 0 Å². The minimum atomic E-state index is -4.01. The largest absolute Gasteiger partial charge is 0.243 e. The Balaban J connectivity index is 2.24. The smallest absolute Gasteiger partial charge is 0.208 e. The summed E-state index contributed by atoms with van der Waals surface area (Å²) < 4.78 is 53.3. The van der Waals surface area contributed by atoms with Crippen LogP contribution in [0.1, 0.15) is 32.6 Å². The lowest BCUT2D eigenvalue weighted by molar-refractivity contribution is 0.310. The van der Waals surface area contributed by atoms with Gasteiger partial charge in [-0.3, -0.25) is 0 Å². The van der Waals surface area contributed by atoms with E-state index >= 15 is 0 Å². The molecule has 2 atom stereocenters. The normalized spacial score (nSPS) is 24.4. The maximum absolute atomic E-state index is 13.5. The van der Waals surface area contributed by atoms with Crippen molar-refractivity contribution in [3.63, 3.8) is 0 Å². The summed E-state index contributed by atoms with van der Waals surface area (Å²) >= 11 is 0. The number of benzene rings is 1. The average Bonchev–Trinajstić information content (AvgIpc) is 2.35. The Bertz CT molecular complexity index is 560. The Labute approximate surface area is 112 Å². The van der Waals surface area contributed by atoms with E-state index in [2.05, 4.69) is 4.72 Å². The van der Waals surface area contributed by atoms with Gasteiger partial charge in [0.05, 0.1) is 0 Å². The van der Waals surface area contributed by atoms with E-state index in [1.54, 1.807) is 0 Å². The Morgan fingerprint density at radius 2 is 1.89 bits per heavy atom. The van der Waals surface area contributed by atoms with Gasteiger partial charge in [-0.2, -0.15) is 0 Å². The van der Waals surface area contributed by atoms with Crippen LogP contribution < -0.4 is 4.72 Å². The highest BCUT2D eigenvalue weighted by molar-refractivity contribution is 7.89. The summed E-state index contributed by atoms with van der Waals surface area (Å²) in [5.41, 5.74) is 0. The first-order chi connectivity index (χ1) is 8.90. The molecule has 1 aromatic carbocycles. The van der Waals surface area contributed by atoms with Crippen LogP contribution in [0.5, 0.6) is 0 Å². The summed E-state index contributed by atoms with van der Waals surface area (Å²) in [4.78, 5) is -0.620. The predicted molar refractivity (Wildman–Crippen MR) is 68.1 cm³/mol. The van der Waals surface area contributed by atoms with Gasteiger partial charge < -0.3 is 0 Å². The molecule has 0 aromatic heterocycles. The summed E-state index contributed by atoms with van der Waals surface area (Å²) in [5.74, 6) is -1.49. The van der Waals surface area contributed by atoms with Crippen molar-refractivity contribution in [2.24, 2.45) is 5.92 Å². The van der Waals surface area contributed by atoms with Gasteiger partial charge in [0, 0.05) is 6.04 Å². The number of nitrogens with one attached hydrogen (secondary N) is 1. The van der Waals surface area contributed by atoms with Gasteiger partial charge in [0.1, 0.15) is 16.5 Å². The van der Waals surface area contributed by atoms with Crippen molar-refractivity contribution in [2.45, 2.75) is 43.5 Å². The lowest BCUT2D eigenvalue weighted by Crippen LogP contribution is -2.41. The van der Waals surface area contributed by atoms with Gasteiger partial charge in [-0.1, -0.05) is 19.8 Å². The van der Waals surface area contributed by atoms with E-state index in [1.807, 2.05) is 6.92 Å². The van der Waals surface area contributed by atoms with Crippen molar-refractivity contribution >= 4 is 10.0 Å². The van der Waals surface area contributed by atoms with Crippen LogP contribution in [0.4, 0.5) is 8.78 Å². The molecule has 1 N–H and O–H groups in total. The second kappa shape index (κ2) is 5.54. The minimum absolute atomic E-state index is 0.207. The molecule has 6 heteroatoms. The minimum Gasteiger partial charge on any atom is -0.208 e. The second-order valence-electron chi connectivity index (χ2n) is 5.06. The van der Waals surface area contributed by atoms with Crippen molar-refractivity contribution in [2.75, 3.05) is 0 Å². The fourth-order valence-corrected chi connectivity index (χ4v) is 3.91. The maximum atomic E-state index is 13.5. The van der Waals surface area contributed by atoms with E-state index in [9.17, 15) is 17.2 Å². The number of rotatable bonds is 3. The second-order valence-corrected chi connectivity index (χ2v) is 6.75. The van der Waals surface area contributed by atoms with E-state index in [0.29, 0.717) is 6.07 Å². The lowest BCUT2D eigenvalue weighted by atomic mass is 9.87. The molecular weight excluding hydrogens is 272 g/mol. The highest BCUT2D eigenvalue weighted by Crippen LogP contribution is 2.26. The van der Waals surface area contributed by atoms with Gasteiger partial charge in [-0.15, -0.1) is 0 Å². The fourth-order valence-electron chi connectivity index (χ4n) is 2.44. The zero-order valence-corrected chi connectivity index (χ0v) is 11.5.